The molecule has 3 heteroatoms. The van der Waals surface area contributed by atoms with Gasteiger partial charge in [-0.1, -0.05) is 97.1 Å². The van der Waals surface area contributed by atoms with Crippen LogP contribution >= 0.6 is 0 Å². The molecule has 0 saturated carbocycles. The largest absolute Gasteiger partial charge is 0.454 e. The lowest BCUT2D eigenvalue weighted by Gasteiger charge is -2.13. The molecule has 0 radical (unpaired) electrons. The molecular formula is C40H24N2O. The second-order valence-electron chi connectivity index (χ2n) is 11.3. The number of furan rings is 1. The van der Waals surface area contributed by atoms with Crippen LogP contribution in [0.5, 0.6) is 0 Å². The van der Waals surface area contributed by atoms with E-state index in [0.717, 1.165) is 38.8 Å². The van der Waals surface area contributed by atoms with E-state index in [2.05, 4.69) is 149 Å². The van der Waals surface area contributed by atoms with E-state index in [0.29, 0.717) is 0 Å². The number of rotatable bonds is 2. The summed E-state index contributed by atoms with van der Waals surface area (Å²) >= 11 is 0. The topological polar surface area (TPSA) is 23.0 Å². The molecule has 10 rings (SSSR count). The number of hydrogen-bond acceptors (Lipinski definition) is 1. The van der Waals surface area contributed by atoms with Crippen LogP contribution in [0.25, 0.3) is 87.7 Å². The summed E-state index contributed by atoms with van der Waals surface area (Å²) in [6, 6.07) is 52.3. The van der Waals surface area contributed by atoms with Crippen LogP contribution in [0, 0.1) is 0 Å². The van der Waals surface area contributed by atoms with Crippen LogP contribution in [0.3, 0.4) is 0 Å². The lowest BCUT2D eigenvalue weighted by Crippen LogP contribution is -1.98. The predicted octanol–water partition coefficient (Wildman–Crippen LogP) is 10.9. The van der Waals surface area contributed by atoms with E-state index in [4.69, 9.17) is 4.42 Å². The Balaban J connectivity index is 1.36. The Morgan fingerprint density at radius 2 is 1.02 bits per heavy atom. The first kappa shape index (κ1) is 22.8. The first-order chi connectivity index (χ1) is 21.3. The normalized spacial score (nSPS) is 12.2. The van der Waals surface area contributed by atoms with Crippen LogP contribution in [0.1, 0.15) is 0 Å². The molecule has 0 amide bonds. The summed E-state index contributed by atoms with van der Waals surface area (Å²) in [7, 11) is 0. The van der Waals surface area contributed by atoms with Crippen LogP contribution in [0.15, 0.2) is 150 Å². The Morgan fingerprint density at radius 1 is 0.395 bits per heavy atom. The zero-order valence-corrected chi connectivity index (χ0v) is 23.2. The maximum atomic E-state index is 6.66. The molecule has 0 spiro atoms. The van der Waals surface area contributed by atoms with Crippen molar-refractivity contribution in [3.63, 3.8) is 0 Å². The van der Waals surface area contributed by atoms with Gasteiger partial charge in [-0.25, -0.2) is 0 Å². The van der Waals surface area contributed by atoms with E-state index in [1.165, 1.54) is 48.9 Å². The van der Waals surface area contributed by atoms with Crippen LogP contribution in [0.4, 0.5) is 0 Å². The minimum Gasteiger partial charge on any atom is -0.454 e. The van der Waals surface area contributed by atoms with Gasteiger partial charge in [0.1, 0.15) is 5.58 Å². The second-order valence-corrected chi connectivity index (χ2v) is 11.3. The van der Waals surface area contributed by atoms with E-state index < -0.39 is 0 Å². The van der Waals surface area contributed by atoms with Crippen LogP contribution in [-0.4, -0.2) is 9.13 Å². The minimum absolute atomic E-state index is 0.908. The van der Waals surface area contributed by atoms with Crippen molar-refractivity contribution in [2.24, 2.45) is 0 Å². The molecule has 7 aromatic carbocycles. The molecule has 0 fully saturated rings. The quantitative estimate of drug-likeness (QED) is 0.211. The van der Waals surface area contributed by atoms with Crippen molar-refractivity contribution in [2.75, 3.05) is 0 Å². The van der Waals surface area contributed by atoms with Gasteiger partial charge >= 0.3 is 0 Å². The Hall–Kier alpha value is -5.80. The van der Waals surface area contributed by atoms with Gasteiger partial charge < -0.3 is 13.6 Å². The van der Waals surface area contributed by atoms with Crippen molar-refractivity contribution in [1.82, 2.24) is 9.13 Å². The lowest BCUT2D eigenvalue weighted by atomic mass is 10.0. The van der Waals surface area contributed by atoms with Gasteiger partial charge in [0.15, 0.2) is 5.58 Å². The fourth-order valence-electron chi connectivity index (χ4n) is 7.29. The van der Waals surface area contributed by atoms with Gasteiger partial charge in [0, 0.05) is 43.7 Å². The maximum absolute atomic E-state index is 6.66. The van der Waals surface area contributed by atoms with Crippen molar-refractivity contribution < 1.29 is 4.42 Å². The third kappa shape index (κ3) is 3.03. The highest BCUT2D eigenvalue weighted by atomic mass is 16.3. The van der Waals surface area contributed by atoms with E-state index in [1.54, 1.807) is 0 Å². The average Bonchev–Trinajstić information content (AvgIpc) is 3.73. The van der Waals surface area contributed by atoms with Crippen LogP contribution < -0.4 is 0 Å². The molecule has 0 atom stereocenters. The summed E-state index contributed by atoms with van der Waals surface area (Å²) in [4.78, 5) is 0. The predicted molar refractivity (Wildman–Crippen MR) is 180 cm³/mol. The molecule has 3 heterocycles. The van der Waals surface area contributed by atoms with Gasteiger partial charge in [0.25, 0.3) is 0 Å². The number of benzene rings is 7. The fourth-order valence-corrected chi connectivity index (χ4v) is 7.29. The lowest BCUT2D eigenvalue weighted by molar-refractivity contribution is 0.671. The number of para-hydroxylation sites is 3. The molecule has 0 unspecified atom stereocenters. The number of hydrogen-bond donors (Lipinski definition) is 0. The SMILES string of the molecule is c1cc(-n2c3ccccc3c3ccccc32)cc(-n2c3ccc4ccccc4c3c3ccc4c5ccccc5oc4c32)c1. The standard InChI is InChI=1S/C40H24N2O/c1-2-13-28-25(10-1)20-23-36-38(28)33-22-21-32-31-16-5-8-19-37(31)43-40(32)39(33)42(36)27-12-9-11-26(24-27)41-34-17-6-3-14-29(34)30-15-4-7-18-35(30)41/h1-24H. The van der Waals surface area contributed by atoms with Gasteiger partial charge in [-0.05, 0) is 59.3 Å². The molecule has 200 valence electrons. The highest BCUT2D eigenvalue weighted by molar-refractivity contribution is 6.27. The van der Waals surface area contributed by atoms with Crippen LogP contribution in [0.2, 0.25) is 0 Å². The maximum Gasteiger partial charge on any atom is 0.160 e. The highest BCUT2D eigenvalue weighted by Crippen LogP contribution is 2.43. The first-order valence-corrected chi connectivity index (χ1v) is 14.7. The molecule has 10 aromatic rings. The molecule has 0 N–H and O–H groups in total. The molecule has 3 aromatic heterocycles. The number of fused-ring (bicyclic) bond motifs is 12. The fraction of sp³-hybridized carbons (Fsp3) is 0. The molecule has 3 nitrogen and oxygen atoms in total. The van der Waals surface area contributed by atoms with Gasteiger partial charge in [-0.3, -0.25) is 0 Å². The van der Waals surface area contributed by atoms with E-state index >= 15 is 0 Å². The zero-order chi connectivity index (χ0) is 28.1. The van der Waals surface area contributed by atoms with Crippen molar-refractivity contribution in [3.05, 3.63) is 146 Å². The number of nitrogens with zero attached hydrogens (tertiary/aromatic N) is 2. The van der Waals surface area contributed by atoms with Gasteiger partial charge in [0.05, 0.1) is 22.1 Å². The number of aromatic nitrogens is 2. The third-order valence-electron chi connectivity index (χ3n) is 9.09. The summed E-state index contributed by atoms with van der Waals surface area (Å²) in [5.41, 5.74) is 8.72. The molecule has 0 aliphatic carbocycles. The average molecular weight is 549 g/mol. The van der Waals surface area contributed by atoms with Crippen molar-refractivity contribution in [3.8, 4) is 11.4 Å². The Bertz CT molecular complexity index is 2680. The molecule has 43 heavy (non-hydrogen) atoms. The molecule has 0 aliphatic rings. The monoisotopic (exact) mass is 548 g/mol. The molecule has 0 bridgehead atoms. The molecular weight excluding hydrogens is 524 g/mol. The summed E-state index contributed by atoms with van der Waals surface area (Å²) in [6.07, 6.45) is 0. The third-order valence-corrected chi connectivity index (χ3v) is 9.09. The zero-order valence-electron chi connectivity index (χ0n) is 23.2. The first-order valence-electron chi connectivity index (χ1n) is 14.7. The Kier molecular flexibility index (Phi) is 4.45. The van der Waals surface area contributed by atoms with E-state index in [-0.39, 0.29) is 0 Å². The van der Waals surface area contributed by atoms with Crippen molar-refractivity contribution in [1.29, 1.82) is 0 Å². The highest BCUT2D eigenvalue weighted by Gasteiger charge is 2.21. The van der Waals surface area contributed by atoms with Crippen molar-refractivity contribution in [2.45, 2.75) is 0 Å². The second kappa shape index (κ2) is 8.37. The van der Waals surface area contributed by atoms with Crippen molar-refractivity contribution >= 4 is 76.3 Å². The van der Waals surface area contributed by atoms with E-state index in [1.807, 2.05) is 6.07 Å². The smallest absolute Gasteiger partial charge is 0.160 e. The van der Waals surface area contributed by atoms with Gasteiger partial charge in [-0.2, -0.15) is 0 Å². The minimum atomic E-state index is 0.908. The van der Waals surface area contributed by atoms with Gasteiger partial charge in [-0.15, -0.1) is 0 Å². The van der Waals surface area contributed by atoms with E-state index in [9.17, 15) is 0 Å². The Labute approximate surface area is 246 Å². The van der Waals surface area contributed by atoms with Crippen LogP contribution in [-0.2, 0) is 0 Å². The summed E-state index contributed by atoms with van der Waals surface area (Å²) in [6.45, 7) is 0. The molecule has 0 aliphatic heterocycles. The summed E-state index contributed by atoms with van der Waals surface area (Å²) < 4.78 is 11.4. The Morgan fingerprint density at radius 3 is 1.81 bits per heavy atom. The molecule has 0 saturated heterocycles. The van der Waals surface area contributed by atoms with Gasteiger partial charge in [0.2, 0.25) is 0 Å². The summed E-state index contributed by atoms with van der Waals surface area (Å²) in [5, 5.41) is 9.72. The summed E-state index contributed by atoms with van der Waals surface area (Å²) in [5.74, 6) is 0.